The number of aromatic nitrogens is 2. The Bertz CT molecular complexity index is 1220. The summed E-state index contributed by atoms with van der Waals surface area (Å²) in [7, 11) is -4.35. The van der Waals surface area contributed by atoms with E-state index in [0.717, 1.165) is 24.5 Å². The Balaban J connectivity index is 2.02. The Morgan fingerprint density at radius 2 is 1.73 bits per heavy atom. The number of nitrogens with one attached hydrogen (secondary N) is 1. The molecule has 0 aliphatic heterocycles. The van der Waals surface area contributed by atoms with Gasteiger partial charge in [0.15, 0.2) is 5.82 Å². The van der Waals surface area contributed by atoms with Gasteiger partial charge in [-0.25, -0.2) is 18.4 Å². The van der Waals surface area contributed by atoms with Crippen LogP contribution in [-0.2, 0) is 16.2 Å². The maximum atomic E-state index is 12.7. The lowest BCUT2D eigenvalue weighted by Gasteiger charge is -2.13. The Labute approximate surface area is 172 Å². The van der Waals surface area contributed by atoms with Crippen LogP contribution in [0.15, 0.2) is 59.8 Å². The summed E-state index contributed by atoms with van der Waals surface area (Å²) in [5.74, 6) is -0.296. The molecule has 156 valence electrons. The first kappa shape index (κ1) is 21.5. The molecule has 13 heteroatoms. The number of hydrogen-bond donors (Lipinski definition) is 1. The van der Waals surface area contributed by atoms with Crippen LogP contribution in [0, 0.1) is 10.1 Å². The van der Waals surface area contributed by atoms with Crippen molar-refractivity contribution in [1.29, 1.82) is 0 Å². The summed E-state index contributed by atoms with van der Waals surface area (Å²) in [6, 6.07) is 8.03. The maximum absolute atomic E-state index is 12.7. The number of rotatable bonds is 5. The second kappa shape index (κ2) is 7.88. The largest absolute Gasteiger partial charge is 0.416 e. The minimum atomic E-state index is -4.62. The molecule has 2 aromatic carbocycles. The zero-order valence-electron chi connectivity index (χ0n) is 14.6. The average molecular weight is 459 g/mol. The molecule has 3 rings (SSSR count). The van der Waals surface area contributed by atoms with Gasteiger partial charge in [0.1, 0.15) is 11.5 Å². The summed E-state index contributed by atoms with van der Waals surface area (Å²) in [5.41, 5.74) is -1.15. The fourth-order valence-electron chi connectivity index (χ4n) is 2.48. The summed E-state index contributed by atoms with van der Waals surface area (Å²) in [6.07, 6.45) is -3.65. The Hall–Kier alpha value is -3.25. The highest BCUT2D eigenvalue weighted by Gasteiger charge is 2.31. The van der Waals surface area contributed by atoms with Crippen LogP contribution in [0.4, 0.5) is 24.7 Å². The van der Waals surface area contributed by atoms with E-state index >= 15 is 0 Å². The number of benzene rings is 2. The van der Waals surface area contributed by atoms with Gasteiger partial charge < -0.3 is 0 Å². The third-order valence-electron chi connectivity index (χ3n) is 3.87. The predicted octanol–water partition coefficient (Wildman–Crippen LogP) is 4.52. The number of halogens is 4. The molecule has 0 fully saturated rings. The van der Waals surface area contributed by atoms with E-state index < -0.39 is 31.6 Å². The van der Waals surface area contributed by atoms with Crippen molar-refractivity contribution < 1.29 is 26.5 Å². The molecule has 30 heavy (non-hydrogen) atoms. The number of hydrogen-bond acceptors (Lipinski definition) is 6. The van der Waals surface area contributed by atoms with Gasteiger partial charge in [-0.2, -0.15) is 13.2 Å². The van der Waals surface area contributed by atoms with Gasteiger partial charge in [-0.3, -0.25) is 14.8 Å². The smallest absolute Gasteiger partial charge is 0.263 e. The van der Waals surface area contributed by atoms with E-state index in [4.69, 9.17) is 11.6 Å². The summed E-state index contributed by atoms with van der Waals surface area (Å²) in [6.45, 7) is 0. The molecule has 0 unspecified atom stereocenters. The normalized spacial score (nSPS) is 11.9. The zero-order chi connectivity index (χ0) is 22.1. The summed E-state index contributed by atoms with van der Waals surface area (Å²) in [5, 5.41) is 10.8. The van der Waals surface area contributed by atoms with Crippen LogP contribution < -0.4 is 4.72 Å². The fourth-order valence-corrected chi connectivity index (χ4v) is 3.75. The predicted molar refractivity (Wildman–Crippen MR) is 101 cm³/mol. The van der Waals surface area contributed by atoms with Crippen molar-refractivity contribution in [1.82, 2.24) is 9.97 Å². The van der Waals surface area contributed by atoms with Crippen LogP contribution >= 0.6 is 11.6 Å². The lowest BCUT2D eigenvalue weighted by molar-refractivity contribution is -0.384. The second-order valence-electron chi connectivity index (χ2n) is 5.82. The molecule has 0 atom stereocenters. The van der Waals surface area contributed by atoms with E-state index in [1.54, 1.807) is 0 Å². The monoisotopic (exact) mass is 458 g/mol. The molecule has 0 bridgehead atoms. The van der Waals surface area contributed by atoms with Crippen LogP contribution in [0.1, 0.15) is 5.56 Å². The number of sulfonamides is 1. The van der Waals surface area contributed by atoms with Gasteiger partial charge in [0.2, 0.25) is 0 Å². The van der Waals surface area contributed by atoms with E-state index in [0.29, 0.717) is 12.1 Å². The topological polar surface area (TPSA) is 115 Å². The minimum Gasteiger partial charge on any atom is -0.263 e. The molecule has 0 saturated heterocycles. The molecule has 1 N–H and O–H groups in total. The minimum absolute atomic E-state index is 0.0293. The van der Waals surface area contributed by atoms with Crippen molar-refractivity contribution in [3.63, 3.8) is 0 Å². The molecule has 0 spiro atoms. The molecule has 0 aliphatic carbocycles. The van der Waals surface area contributed by atoms with Crippen LogP contribution in [0.5, 0.6) is 0 Å². The number of nitro benzene ring substituents is 1. The van der Waals surface area contributed by atoms with E-state index in [1.165, 1.54) is 18.2 Å². The van der Waals surface area contributed by atoms with Gasteiger partial charge in [-0.1, -0.05) is 23.7 Å². The summed E-state index contributed by atoms with van der Waals surface area (Å²) in [4.78, 5) is 17.5. The summed E-state index contributed by atoms with van der Waals surface area (Å²) >= 11 is 6.06. The molecular weight excluding hydrogens is 449 g/mol. The third kappa shape index (κ3) is 4.49. The first-order chi connectivity index (χ1) is 14.0. The fraction of sp³-hybridized carbons (Fsp3) is 0.0588. The number of non-ortho nitro benzene ring substituents is 1. The second-order valence-corrected chi connectivity index (χ2v) is 7.86. The van der Waals surface area contributed by atoms with E-state index in [9.17, 15) is 31.7 Å². The van der Waals surface area contributed by atoms with Gasteiger partial charge in [0.05, 0.1) is 20.9 Å². The molecule has 8 nitrogen and oxygen atoms in total. The molecular formula is C17H10ClF3N4O4S. The van der Waals surface area contributed by atoms with Gasteiger partial charge in [-0.05, 0) is 29.8 Å². The standard InChI is InChI=1S/C17H10ClF3N4O4S/c18-15-14(10-2-1-3-12(8-10)25(26)27)16(23-9-22-15)24-30(28,29)13-6-4-11(5-7-13)17(19,20)21/h1-9H,(H,22,23,24). The number of anilines is 1. The van der Waals surface area contributed by atoms with Gasteiger partial charge in [-0.15, -0.1) is 0 Å². The van der Waals surface area contributed by atoms with Crippen LogP contribution in [0.3, 0.4) is 0 Å². The third-order valence-corrected chi connectivity index (χ3v) is 5.51. The van der Waals surface area contributed by atoms with Crippen molar-refractivity contribution in [3.05, 3.63) is 75.7 Å². The Kier molecular flexibility index (Phi) is 5.63. The SMILES string of the molecule is O=[N+]([O-])c1cccc(-c2c(Cl)ncnc2NS(=O)(=O)c2ccc(C(F)(F)F)cc2)c1. The molecule has 3 aromatic rings. The van der Waals surface area contributed by atoms with Crippen molar-refractivity contribution >= 4 is 33.1 Å². The van der Waals surface area contributed by atoms with Gasteiger partial charge in [0, 0.05) is 12.1 Å². The molecule has 1 heterocycles. The average Bonchev–Trinajstić information content (AvgIpc) is 2.67. The van der Waals surface area contributed by atoms with E-state index in [-0.39, 0.29) is 27.8 Å². The van der Waals surface area contributed by atoms with Crippen molar-refractivity contribution in [2.75, 3.05) is 4.72 Å². The molecule has 0 aliphatic rings. The Morgan fingerprint density at radius 1 is 1.07 bits per heavy atom. The van der Waals surface area contributed by atoms with Crippen molar-refractivity contribution in [2.45, 2.75) is 11.1 Å². The van der Waals surface area contributed by atoms with E-state index in [1.807, 2.05) is 0 Å². The molecule has 0 amide bonds. The highest BCUT2D eigenvalue weighted by Crippen LogP contribution is 2.35. The first-order valence-corrected chi connectivity index (χ1v) is 9.80. The van der Waals surface area contributed by atoms with Crippen LogP contribution in [0.2, 0.25) is 5.15 Å². The highest BCUT2D eigenvalue weighted by molar-refractivity contribution is 7.92. The number of alkyl halides is 3. The first-order valence-electron chi connectivity index (χ1n) is 7.94. The van der Waals surface area contributed by atoms with Crippen molar-refractivity contribution in [2.24, 2.45) is 0 Å². The van der Waals surface area contributed by atoms with Crippen LogP contribution in [0.25, 0.3) is 11.1 Å². The van der Waals surface area contributed by atoms with E-state index in [2.05, 4.69) is 14.7 Å². The summed E-state index contributed by atoms with van der Waals surface area (Å²) < 4.78 is 65.5. The molecule has 0 radical (unpaired) electrons. The number of nitrogens with zero attached hydrogens (tertiary/aromatic N) is 3. The van der Waals surface area contributed by atoms with Gasteiger partial charge >= 0.3 is 6.18 Å². The number of nitro groups is 1. The molecule has 0 saturated carbocycles. The maximum Gasteiger partial charge on any atom is 0.416 e. The highest BCUT2D eigenvalue weighted by atomic mass is 35.5. The Morgan fingerprint density at radius 3 is 2.33 bits per heavy atom. The van der Waals surface area contributed by atoms with Crippen LogP contribution in [-0.4, -0.2) is 23.3 Å². The zero-order valence-corrected chi connectivity index (χ0v) is 16.2. The lowest BCUT2D eigenvalue weighted by Crippen LogP contribution is -2.15. The van der Waals surface area contributed by atoms with Gasteiger partial charge in [0.25, 0.3) is 15.7 Å². The quantitative estimate of drug-likeness (QED) is 0.341. The lowest BCUT2D eigenvalue weighted by atomic mass is 10.1. The van der Waals surface area contributed by atoms with Crippen molar-refractivity contribution in [3.8, 4) is 11.1 Å². The molecule has 1 aromatic heterocycles.